The Morgan fingerprint density at radius 1 is 1.12 bits per heavy atom. The van der Waals surface area contributed by atoms with E-state index in [1.54, 1.807) is 14.2 Å². The van der Waals surface area contributed by atoms with Crippen molar-refractivity contribution in [3.63, 3.8) is 0 Å². The molecule has 4 nitrogen and oxygen atoms in total. The Balaban J connectivity index is 1.93. The number of fused-ring (bicyclic) bond motifs is 1. The Morgan fingerprint density at radius 2 is 1.83 bits per heavy atom. The van der Waals surface area contributed by atoms with Gasteiger partial charge >= 0.3 is 0 Å². The maximum absolute atomic E-state index is 6.15. The first kappa shape index (κ1) is 16.8. The van der Waals surface area contributed by atoms with E-state index in [-0.39, 0.29) is 6.04 Å². The third kappa shape index (κ3) is 3.12. The summed E-state index contributed by atoms with van der Waals surface area (Å²) in [5.74, 6) is 1.56. The number of nitrogens with zero attached hydrogens (tertiary/aromatic N) is 1. The van der Waals surface area contributed by atoms with Gasteiger partial charge in [0.05, 0.1) is 14.2 Å². The van der Waals surface area contributed by atoms with Gasteiger partial charge in [-0.3, -0.25) is 4.90 Å². The molecule has 1 heterocycles. The van der Waals surface area contributed by atoms with Gasteiger partial charge in [0.2, 0.25) is 0 Å². The van der Waals surface area contributed by atoms with Crippen LogP contribution in [0.3, 0.4) is 0 Å². The second-order valence-electron chi connectivity index (χ2n) is 6.30. The molecule has 0 fully saturated rings. The van der Waals surface area contributed by atoms with Crippen LogP contribution in [0.4, 0.5) is 0 Å². The van der Waals surface area contributed by atoms with E-state index in [2.05, 4.69) is 48.2 Å². The van der Waals surface area contributed by atoms with Gasteiger partial charge in [-0.2, -0.15) is 0 Å². The molecule has 2 aromatic rings. The molecule has 1 aliphatic rings. The van der Waals surface area contributed by atoms with Gasteiger partial charge in [0.25, 0.3) is 0 Å². The number of benzene rings is 2. The number of rotatable bonds is 5. The Hall–Kier alpha value is -2.04. The molecule has 0 aromatic heterocycles. The molecule has 0 amide bonds. The van der Waals surface area contributed by atoms with Crippen molar-refractivity contribution in [2.45, 2.75) is 25.9 Å². The molecule has 0 saturated carbocycles. The highest BCUT2D eigenvalue weighted by Crippen LogP contribution is 2.38. The fourth-order valence-electron chi connectivity index (χ4n) is 3.55. The molecule has 128 valence electrons. The summed E-state index contributed by atoms with van der Waals surface area (Å²) in [5, 5.41) is 0. The van der Waals surface area contributed by atoms with Crippen molar-refractivity contribution in [3.05, 3.63) is 58.7 Å². The first-order chi connectivity index (χ1) is 11.7. The molecule has 3 rings (SSSR count). The lowest BCUT2D eigenvalue weighted by Gasteiger charge is -2.37. The minimum atomic E-state index is 0.202. The number of hydrogen-bond acceptors (Lipinski definition) is 4. The molecule has 2 N–H and O–H groups in total. The van der Waals surface area contributed by atoms with E-state index < -0.39 is 0 Å². The average Bonchev–Trinajstić information content (AvgIpc) is 2.62. The Bertz CT molecular complexity index is 715. The monoisotopic (exact) mass is 326 g/mol. The second-order valence-corrected chi connectivity index (χ2v) is 6.30. The van der Waals surface area contributed by atoms with Gasteiger partial charge < -0.3 is 15.2 Å². The van der Waals surface area contributed by atoms with Crippen LogP contribution in [-0.4, -0.2) is 32.2 Å². The zero-order chi connectivity index (χ0) is 17.1. The van der Waals surface area contributed by atoms with Crippen LogP contribution in [0.1, 0.15) is 28.3 Å². The summed E-state index contributed by atoms with van der Waals surface area (Å²) in [5.41, 5.74) is 11.4. The van der Waals surface area contributed by atoms with Gasteiger partial charge in [-0.15, -0.1) is 0 Å². The maximum atomic E-state index is 6.15. The van der Waals surface area contributed by atoms with Crippen LogP contribution >= 0.6 is 0 Å². The number of methoxy groups -OCH3 is 2. The van der Waals surface area contributed by atoms with Gasteiger partial charge in [0, 0.05) is 25.7 Å². The molecule has 0 spiro atoms. The van der Waals surface area contributed by atoms with Crippen LogP contribution in [0, 0.1) is 6.92 Å². The van der Waals surface area contributed by atoms with Gasteiger partial charge in [-0.25, -0.2) is 0 Å². The van der Waals surface area contributed by atoms with Gasteiger partial charge in [-0.1, -0.05) is 24.3 Å². The zero-order valence-electron chi connectivity index (χ0n) is 14.7. The van der Waals surface area contributed by atoms with Crippen molar-refractivity contribution in [1.82, 2.24) is 4.90 Å². The largest absolute Gasteiger partial charge is 0.493 e. The maximum Gasteiger partial charge on any atom is 0.161 e. The highest BCUT2D eigenvalue weighted by atomic mass is 16.5. The minimum absolute atomic E-state index is 0.202. The van der Waals surface area contributed by atoms with Crippen molar-refractivity contribution in [2.75, 3.05) is 27.3 Å². The Labute approximate surface area is 144 Å². The number of ether oxygens (including phenoxy) is 2. The van der Waals surface area contributed by atoms with Crippen LogP contribution in [-0.2, 0) is 13.0 Å². The molecule has 0 aliphatic carbocycles. The van der Waals surface area contributed by atoms with E-state index in [4.69, 9.17) is 15.2 Å². The summed E-state index contributed by atoms with van der Waals surface area (Å²) >= 11 is 0. The molecule has 2 aromatic carbocycles. The summed E-state index contributed by atoms with van der Waals surface area (Å²) in [6.45, 7) is 4.67. The zero-order valence-corrected chi connectivity index (χ0v) is 14.7. The van der Waals surface area contributed by atoms with Crippen LogP contribution < -0.4 is 15.2 Å². The predicted octanol–water partition coefficient (Wildman–Crippen LogP) is 3.07. The molecular weight excluding hydrogens is 300 g/mol. The molecule has 0 bridgehead atoms. The van der Waals surface area contributed by atoms with Crippen molar-refractivity contribution in [1.29, 1.82) is 0 Å². The lowest BCUT2D eigenvalue weighted by atomic mass is 9.91. The third-order valence-electron chi connectivity index (χ3n) is 4.97. The van der Waals surface area contributed by atoms with Gasteiger partial charge in [0.1, 0.15) is 0 Å². The molecule has 1 atom stereocenters. The minimum Gasteiger partial charge on any atom is -0.493 e. The van der Waals surface area contributed by atoms with E-state index in [1.165, 1.54) is 22.3 Å². The molecule has 4 heteroatoms. The Morgan fingerprint density at radius 3 is 2.50 bits per heavy atom. The first-order valence-electron chi connectivity index (χ1n) is 8.41. The molecule has 1 aliphatic heterocycles. The molecule has 24 heavy (non-hydrogen) atoms. The van der Waals surface area contributed by atoms with Crippen molar-refractivity contribution in [3.8, 4) is 11.5 Å². The fourth-order valence-corrected chi connectivity index (χ4v) is 3.55. The molecule has 0 saturated heterocycles. The van der Waals surface area contributed by atoms with Gasteiger partial charge in [-0.05, 0) is 47.7 Å². The lowest BCUT2D eigenvalue weighted by Crippen LogP contribution is -2.39. The van der Waals surface area contributed by atoms with E-state index >= 15 is 0 Å². The molecule has 0 radical (unpaired) electrons. The topological polar surface area (TPSA) is 47.7 Å². The van der Waals surface area contributed by atoms with E-state index in [9.17, 15) is 0 Å². The van der Waals surface area contributed by atoms with E-state index in [0.717, 1.165) is 31.0 Å². The number of aryl methyl sites for hydroxylation is 1. The Kier molecular flexibility index (Phi) is 5.07. The first-order valence-corrected chi connectivity index (χ1v) is 8.41. The SMILES string of the molecule is COc1cc2c(cc1OC)[C@H](CN)N(Cc1ccccc1C)CC2. The van der Waals surface area contributed by atoms with Crippen molar-refractivity contribution >= 4 is 0 Å². The normalized spacial score (nSPS) is 17.4. The van der Waals surface area contributed by atoms with E-state index in [1.807, 2.05) is 0 Å². The van der Waals surface area contributed by atoms with Crippen LogP contribution in [0.15, 0.2) is 36.4 Å². The fraction of sp³-hybridized carbons (Fsp3) is 0.400. The molecular formula is C20H26N2O2. The van der Waals surface area contributed by atoms with Gasteiger partial charge in [0.15, 0.2) is 11.5 Å². The lowest BCUT2D eigenvalue weighted by molar-refractivity contribution is 0.179. The van der Waals surface area contributed by atoms with Crippen molar-refractivity contribution < 1.29 is 9.47 Å². The highest BCUT2D eigenvalue weighted by molar-refractivity contribution is 5.49. The second kappa shape index (κ2) is 7.24. The highest BCUT2D eigenvalue weighted by Gasteiger charge is 2.28. The summed E-state index contributed by atoms with van der Waals surface area (Å²) in [7, 11) is 3.35. The third-order valence-corrected chi connectivity index (χ3v) is 4.97. The average molecular weight is 326 g/mol. The summed E-state index contributed by atoms with van der Waals surface area (Å²) in [4.78, 5) is 2.47. The predicted molar refractivity (Wildman–Crippen MR) is 96.6 cm³/mol. The smallest absolute Gasteiger partial charge is 0.161 e. The number of hydrogen-bond donors (Lipinski definition) is 1. The summed E-state index contributed by atoms with van der Waals surface area (Å²) < 4.78 is 10.9. The molecule has 0 unspecified atom stereocenters. The summed E-state index contributed by atoms with van der Waals surface area (Å²) in [6, 6.07) is 12.9. The summed E-state index contributed by atoms with van der Waals surface area (Å²) in [6.07, 6.45) is 0.998. The quantitative estimate of drug-likeness (QED) is 0.917. The van der Waals surface area contributed by atoms with E-state index in [0.29, 0.717) is 6.54 Å². The number of nitrogens with two attached hydrogens (primary N) is 1. The van der Waals surface area contributed by atoms with Crippen LogP contribution in [0.5, 0.6) is 11.5 Å². The standard InChI is InChI=1S/C20H26N2O2/c1-14-6-4-5-7-16(14)13-22-9-8-15-10-19(23-2)20(24-3)11-17(15)18(22)12-21/h4-7,10-11,18H,8-9,12-13,21H2,1-3H3/t18-/m0/s1. The van der Waals surface area contributed by atoms with Crippen LogP contribution in [0.2, 0.25) is 0 Å². The van der Waals surface area contributed by atoms with Crippen molar-refractivity contribution in [2.24, 2.45) is 5.73 Å². The van der Waals surface area contributed by atoms with Crippen LogP contribution in [0.25, 0.3) is 0 Å².